The van der Waals surface area contributed by atoms with Crippen molar-refractivity contribution in [2.75, 3.05) is 31.1 Å². The fourth-order valence-corrected chi connectivity index (χ4v) is 5.97. The predicted octanol–water partition coefficient (Wildman–Crippen LogP) is 4.18. The zero-order chi connectivity index (χ0) is 25.4. The quantitative estimate of drug-likeness (QED) is 0.380. The van der Waals surface area contributed by atoms with E-state index in [9.17, 15) is 18.0 Å². The third-order valence-corrected chi connectivity index (χ3v) is 8.58. The van der Waals surface area contributed by atoms with Crippen molar-refractivity contribution in [1.29, 1.82) is 0 Å². The smallest absolute Gasteiger partial charge is 0.267 e. The van der Waals surface area contributed by atoms with E-state index in [0.717, 1.165) is 5.56 Å². The summed E-state index contributed by atoms with van der Waals surface area (Å²) in [7, 11) is -3.64. The van der Waals surface area contributed by atoms with Gasteiger partial charge in [-0.1, -0.05) is 47.5 Å². The molecule has 2 aliphatic rings. The molecule has 3 aromatic rings. The summed E-state index contributed by atoms with van der Waals surface area (Å²) in [5, 5.41) is 0.473. The number of nitrogens with zero attached hydrogens (tertiary/aromatic N) is 3. The van der Waals surface area contributed by atoms with Crippen LogP contribution in [0.5, 0.6) is 0 Å². The molecule has 2 heterocycles. The van der Waals surface area contributed by atoms with Crippen molar-refractivity contribution < 1.29 is 18.0 Å². The summed E-state index contributed by atoms with van der Waals surface area (Å²) in [4.78, 5) is 30.2. The molecule has 0 N–H and O–H groups in total. The molecule has 1 saturated heterocycles. The molecule has 0 unspecified atom stereocenters. The predicted molar refractivity (Wildman–Crippen MR) is 139 cm³/mol. The molecular weight excluding hydrogens is 498 g/mol. The maximum absolute atomic E-state index is 13.6. The molecule has 0 spiro atoms. The number of anilines is 1. The Morgan fingerprint density at radius 2 is 1.39 bits per heavy atom. The Morgan fingerprint density at radius 3 is 2.03 bits per heavy atom. The maximum atomic E-state index is 13.6. The molecule has 0 bridgehead atoms. The van der Waals surface area contributed by atoms with Crippen molar-refractivity contribution in [2.45, 2.75) is 11.8 Å². The summed E-state index contributed by atoms with van der Waals surface area (Å²) < 4.78 is 27.5. The number of carbonyl (C=O) groups is 2. The van der Waals surface area contributed by atoms with Gasteiger partial charge >= 0.3 is 0 Å². The molecule has 36 heavy (non-hydrogen) atoms. The van der Waals surface area contributed by atoms with Crippen LogP contribution in [0.25, 0.3) is 5.57 Å². The molecule has 1 fully saturated rings. The van der Waals surface area contributed by atoms with Gasteiger partial charge in [0.25, 0.3) is 11.8 Å². The first-order valence-corrected chi connectivity index (χ1v) is 13.3. The van der Waals surface area contributed by atoms with Gasteiger partial charge in [0.15, 0.2) is 0 Å². The molecule has 2 aliphatic heterocycles. The van der Waals surface area contributed by atoms with Crippen LogP contribution in [0.2, 0.25) is 5.02 Å². The first kappa shape index (κ1) is 24.2. The number of hydrogen-bond acceptors (Lipinski definition) is 5. The third kappa shape index (κ3) is 4.43. The van der Waals surface area contributed by atoms with Gasteiger partial charge in [0, 0.05) is 48.5 Å². The first-order chi connectivity index (χ1) is 17.3. The van der Waals surface area contributed by atoms with Crippen LogP contribution in [-0.2, 0) is 14.8 Å². The number of amides is 2. The van der Waals surface area contributed by atoms with Gasteiger partial charge in [-0.05, 0) is 49.4 Å². The van der Waals surface area contributed by atoms with Crippen molar-refractivity contribution in [3.63, 3.8) is 0 Å². The van der Waals surface area contributed by atoms with Crippen LogP contribution < -0.4 is 4.90 Å². The Balaban J connectivity index is 1.41. The number of benzene rings is 3. The van der Waals surface area contributed by atoms with Gasteiger partial charge in [-0.2, -0.15) is 4.31 Å². The van der Waals surface area contributed by atoms with Gasteiger partial charge in [0.05, 0.1) is 16.2 Å². The molecule has 184 valence electrons. The van der Waals surface area contributed by atoms with E-state index in [4.69, 9.17) is 11.6 Å². The summed E-state index contributed by atoms with van der Waals surface area (Å²) in [6.07, 6.45) is 1.75. The van der Waals surface area contributed by atoms with Crippen LogP contribution in [0.4, 0.5) is 5.69 Å². The third-order valence-electron chi connectivity index (χ3n) is 6.41. The zero-order valence-corrected chi connectivity index (χ0v) is 21.2. The summed E-state index contributed by atoms with van der Waals surface area (Å²) >= 11 is 5.90. The molecule has 0 aromatic heterocycles. The molecule has 0 aliphatic carbocycles. The van der Waals surface area contributed by atoms with Crippen molar-refractivity contribution >= 4 is 44.7 Å². The molecule has 9 heteroatoms. The average molecular weight is 522 g/mol. The van der Waals surface area contributed by atoms with Crippen LogP contribution in [0.3, 0.4) is 0 Å². The van der Waals surface area contributed by atoms with Crippen molar-refractivity contribution in [3.8, 4) is 0 Å². The Morgan fingerprint density at radius 1 is 0.778 bits per heavy atom. The minimum absolute atomic E-state index is 0.197. The van der Waals surface area contributed by atoms with E-state index >= 15 is 0 Å². The van der Waals surface area contributed by atoms with Crippen LogP contribution in [0.15, 0.2) is 83.9 Å². The first-order valence-electron chi connectivity index (χ1n) is 11.5. The highest BCUT2D eigenvalue weighted by atomic mass is 35.5. The lowest BCUT2D eigenvalue weighted by Gasteiger charge is -2.35. The molecule has 0 atom stereocenters. The van der Waals surface area contributed by atoms with Crippen molar-refractivity contribution in [2.24, 2.45) is 0 Å². The Hall–Kier alpha value is -3.46. The fourth-order valence-electron chi connectivity index (χ4n) is 4.42. The van der Waals surface area contributed by atoms with Gasteiger partial charge in [-0.15, -0.1) is 0 Å². The number of halogens is 1. The number of piperazine rings is 1. The Labute approximate surface area is 215 Å². The highest BCUT2D eigenvalue weighted by Crippen LogP contribution is 2.33. The number of imide groups is 1. The number of carbonyl (C=O) groups excluding carboxylic acids is 2. The molecule has 7 nitrogen and oxygen atoms in total. The van der Waals surface area contributed by atoms with Crippen molar-refractivity contribution in [3.05, 3.63) is 101 Å². The molecule has 0 saturated carbocycles. The van der Waals surface area contributed by atoms with E-state index in [1.165, 1.54) is 21.3 Å². The lowest BCUT2D eigenvalue weighted by atomic mass is 9.93. The van der Waals surface area contributed by atoms with Gasteiger partial charge in [0.1, 0.15) is 0 Å². The standard InChI is InChI=1S/C27H24ClN3O4S/c1-19-6-10-21(11-7-19)31-26(32)24-5-3-2-4-23(24)25(27(31)33)18-29-14-16-30(17-15-29)36(34,35)22-12-8-20(28)9-13-22/h2-13,18H,14-17H2,1H3/b25-18+. The normalized spacial score (nSPS) is 18.0. The van der Waals surface area contributed by atoms with Crippen LogP contribution >= 0.6 is 11.6 Å². The fraction of sp³-hybridized carbons (Fsp3) is 0.185. The van der Waals surface area contributed by atoms with E-state index in [1.807, 2.05) is 24.0 Å². The average Bonchev–Trinajstić information content (AvgIpc) is 2.88. The van der Waals surface area contributed by atoms with E-state index in [-0.39, 0.29) is 23.9 Å². The number of rotatable bonds is 4. The lowest BCUT2D eigenvalue weighted by Crippen LogP contribution is -2.47. The SMILES string of the molecule is Cc1ccc(N2C(=O)/C(=C/N3CCN(S(=O)(=O)c4ccc(Cl)cc4)CC3)c3ccccc3C2=O)cc1. The largest absolute Gasteiger partial charge is 0.374 e. The van der Waals surface area contributed by atoms with Crippen LogP contribution in [-0.4, -0.2) is 55.6 Å². The van der Waals surface area contributed by atoms with Gasteiger partial charge in [-0.25, -0.2) is 13.3 Å². The van der Waals surface area contributed by atoms with Crippen LogP contribution in [0.1, 0.15) is 21.5 Å². The lowest BCUT2D eigenvalue weighted by molar-refractivity contribution is -0.112. The van der Waals surface area contributed by atoms with Crippen molar-refractivity contribution in [1.82, 2.24) is 9.21 Å². The minimum atomic E-state index is -3.64. The molecular formula is C27H24ClN3O4S. The second-order valence-electron chi connectivity index (χ2n) is 8.76. The molecule has 5 rings (SSSR count). The maximum Gasteiger partial charge on any atom is 0.267 e. The summed E-state index contributed by atoms with van der Waals surface area (Å²) in [6, 6.07) is 20.4. The minimum Gasteiger partial charge on any atom is -0.374 e. The van der Waals surface area contributed by atoms with Gasteiger partial charge in [-0.3, -0.25) is 9.59 Å². The monoisotopic (exact) mass is 521 g/mol. The van der Waals surface area contributed by atoms with E-state index in [2.05, 4.69) is 0 Å². The molecule has 2 amide bonds. The zero-order valence-electron chi connectivity index (χ0n) is 19.6. The molecule has 3 aromatic carbocycles. The second kappa shape index (κ2) is 9.54. The molecule has 0 radical (unpaired) electrons. The number of hydrogen-bond donors (Lipinski definition) is 0. The number of aryl methyl sites for hydroxylation is 1. The summed E-state index contributed by atoms with van der Waals surface area (Å²) in [6.45, 7) is 3.29. The van der Waals surface area contributed by atoms with E-state index in [0.29, 0.717) is 40.5 Å². The van der Waals surface area contributed by atoms with Gasteiger partial charge in [0.2, 0.25) is 10.0 Å². The van der Waals surface area contributed by atoms with E-state index in [1.54, 1.807) is 54.7 Å². The summed E-state index contributed by atoms with van der Waals surface area (Å²) in [5.74, 6) is -0.769. The second-order valence-corrected chi connectivity index (χ2v) is 11.1. The Bertz CT molecular complexity index is 1460. The highest BCUT2D eigenvalue weighted by molar-refractivity contribution is 7.89. The topological polar surface area (TPSA) is 78.0 Å². The highest BCUT2D eigenvalue weighted by Gasteiger charge is 2.36. The van der Waals surface area contributed by atoms with Gasteiger partial charge < -0.3 is 4.90 Å². The number of fused-ring (bicyclic) bond motifs is 1. The summed E-state index contributed by atoms with van der Waals surface area (Å²) in [5.41, 5.74) is 2.97. The van der Waals surface area contributed by atoms with Crippen LogP contribution in [0, 0.1) is 6.92 Å². The number of sulfonamides is 1. The van der Waals surface area contributed by atoms with E-state index < -0.39 is 15.9 Å². The Kier molecular flexibility index (Phi) is 6.42.